The van der Waals surface area contributed by atoms with Gasteiger partial charge in [-0.3, -0.25) is 14.4 Å². The third-order valence-corrected chi connectivity index (χ3v) is 6.47. The fraction of sp³-hybridized carbons (Fsp3) is 0.350. The molecule has 0 aliphatic carbocycles. The predicted octanol–water partition coefficient (Wildman–Crippen LogP) is 0.138. The van der Waals surface area contributed by atoms with Gasteiger partial charge in [-0.1, -0.05) is 12.1 Å². The Balaban J connectivity index is 1.73. The number of esters is 1. The molecule has 0 radical (unpaired) electrons. The standard InChI is InChI=1S/C20H23N3O7S/c1-20(27,9-17(25)30-3)11-21-16(24)10-22-31(28,29)15-8-7-14-18-12(15)5-4-6-13(18)19(26)23(14)2/h4-8,22,27H,9-11H2,1-3H3,(H,21,24). The fourth-order valence-electron chi connectivity index (χ4n) is 3.38. The van der Waals surface area contributed by atoms with Crippen molar-refractivity contribution in [2.24, 2.45) is 0 Å². The molecule has 0 bridgehead atoms. The van der Waals surface area contributed by atoms with Crippen molar-refractivity contribution in [1.29, 1.82) is 0 Å². The number of carbonyl (C=O) groups is 3. The zero-order valence-corrected chi connectivity index (χ0v) is 18.1. The second-order valence-corrected chi connectivity index (χ2v) is 9.26. The number of hydrogen-bond donors (Lipinski definition) is 3. The van der Waals surface area contributed by atoms with Crippen LogP contribution in [0.1, 0.15) is 23.7 Å². The Morgan fingerprint density at radius 2 is 1.94 bits per heavy atom. The van der Waals surface area contributed by atoms with Gasteiger partial charge in [0.1, 0.15) is 0 Å². The monoisotopic (exact) mass is 449 g/mol. The van der Waals surface area contributed by atoms with Gasteiger partial charge in [0.05, 0.1) is 36.3 Å². The van der Waals surface area contributed by atoms with Crippen LogP contribution in [0.4, 0.5) is 5.69 Å². The molecule has 1 aliphatic rings. The Bertz CT molecular complexity index is 1170. The summed E-state index contributed by atoms with van der Waals surface area (Å²) in [5.41, 5.74) is -0.518. The molecule has 3 rings (SSSR count). The maximum atomic E-state index is 12.8. The van der Waals surface area contributed by atoms with Crippen LogP contribution in [0, 0.1) is 0 Å². The van der Waals surface area contributed by atoms with Crippen LogP contribution in [0.5, 0.6) is 0 Å². The third kappa shape index (κ3) is 4.53. The molecule has 0 saturated carbocycles. The zero-order chi connectivity index (χ0) is 23.0. The SMILES string of the molecule is COC(=O)CC(C)(O)CNC(=O)CNS(=O)(=O)c1ccc2c3c(cccc13)C(=O)N2C. The van der Waals surface area contributed by atoms with Gasteiger partial charge in [0.2, 0.25) is 15.9 Å². The maximum Gasteiger partial charge on any atom is 0.308 e. The second kappa shape index (κ2) is 8.25. The lowest BCUT2D eigenvalue weighted by Crippen LogP contribution is -2.45. The number of hydrogen-bond acceptors (Lipinski definition) is 7. The van der Waals surface area contributed by atoms with E-state index in [0.717, 1.165) is 0 Å². The van der Waals surface area contributed by atoms with Crippen molar-refractivity contribution in [3.8, 4) is 0 Å². The lowest BCUT2D eigenvalue weighted by Gasteiger charge is -2.22. The van der Waals surface area contributed by atoms with Crippen LogP contribution in [-0.4, -0.2) is 64.2 Å². The summed E-state index contributed by atoms with van der Waals surface area (Å²) in [7, 11) is -1.28. The highest BCUT2D eigenvalue weighted by molar-refractivity contribution is 7.89. The van der Waals surface area contributed by atoms with Crippen LogP contribution in [-0.2, 0) is 24.3 Å². The highest BCUT2D eigenvalue weighted by atomic mass is 32.2. The average molecular weight is 449 g/mol. The Morgan fingerprint density at radius 3 is 2.61 bits per heavy atom. The van der Waals surface area contributed by atoms with Crippen molar-refractivity contribution in [3.63, 3.8) is 0 Å². The summed E-state index contributed by atoms with van der Waals surface area (Å²) in [5.74, 6) is -1.55. The molecule has 11 heteroatoms. The van der Waals surface area contributed by atoms with Gasteiger partial charge in [-0.2, -0.15) is 0 Å². The summed E-state index contributed by atoms with van der Waals surface area (Å²) in [5, 5.41) is 13.4. The Morgan fingerprint density at radius 1 is 1.23 bits per heavy atom. The molecule has 2 aromatic rings. The Labute approximate surface area is 179 Å². The number of sulfonamides is 1. The van der Waals surface area contributed by atoms with E-state index >= 15 is 0 Å². The number of methoxy groups -OCH3 is 1. The van der Waals surface area contributed by atoms with Crippen molar-refractivity contribution >= 4 is 44.3 Å². The number of rotatable bonds is 8. The normalized spacial score (nSPS) is 15.1. The van der Waals surface area contributed by atoms with Gasteiger partial charge < -0.3 is 20.1 Å². The van der Waals surface area contributed by atoms with E-state index in [4.69, 9.17) is 0 Å². The van der Waals surface area contributed by atoms with E-state index in [9.17, 15) is 27.9 Å². The van der Waals surface area contributed by atoms with Crippen LogP contribution >= 0.6 is 0 Å². The van der Waals surface area contributed by atoms with Crippen molar-refractivity contribution < 1.29 is 32.6 Å². The fourth-order valence-corrected chi connectivity index (χ4v) is 4.56. The number of ether oxygens (including phenoxy) is 1. The van der Waals surface area contributed by atoms with Gasteiger partial charge in [-0.05, 0) is 25.1 Å². The number of benzene rings is 2. The first kappa shape index (κ1) is 22.7. The topological polar surface area (TPSA) is 142 Å². The molecule has 1 aliphatic heterocycles. The van der Waals surface area contributed by atoms with Crippen LogP contribution in [0.2, 0.25) is 0 Å². The first-order valence-electron chi connectivity index (χ1n) is 9.36. The molecule has 166 valence electrons. The van der Waals surface area contributed by atoms with Crippen LogP contribution < -0.4 is 14.9 Å². The molecular weight excluding hydrogens is 426 g/mol. The number of amides is 2. The molecule has 0 spiro atoms. The first-order valence-corrected chi connectivity index (χ1v) is 10.8. The molecule has 1 atom stereocenters. The van der Waals surface area contributed by atoms with Gasteiger partial charge in [0, 0.05) is 29.9 Å². The Kier molecular flexibility index (Phi) is 6.03. The third-order valence-electron chi connectivity index (χ3n) is 5.01. The molecule has 0 fully saturated rings. The lowest BCUT2D eigenvalue weighted by molar-refractivity contribution is -0.145. The summed E-state index contributed by atoms with van der Waals surface area (Å²) < 4.78 is 32.4. The largest absolute Gasteiger partial charge is 0.469 e. The van der Waals surface area contributed by atoms with Gasteiger partial charge in [-0.15, -0.1) is 0 Å². The van der Waals surface area contributed by atoms with Gasteiger partial charge in [0.15, 0.2) is 0 Å². The molecule has 1 unspecified atom stereocenters. The van der Waals surface area contributed by atoms with E-state index in [1.165, 1.54) is 25.0 Å². The van der Waals surface area contributed by atoms with E-state index < -0.39 is 34.0 Å². The summed E-state index contributed by atoms with van der Waals surface area (Å²) >= 11 is 0. The number of aliphatic hydroxyl groups is 1. The number of anilines is 1. The summed E-state index contributed by atoms with van der Waals surface area (Å²) in [6.45, 7) is 0.510. The summed E-state index contributed by atoms with van der Waals surface area (Å²) in [6, 6.07) is 7.78. The van der Waals surface area contributed by atoms with E-state index in [-0.39, 0.29) is 23.8 Å². The maximum absolute atomic E-state index is 12.8. The number of nitrogens with one attached hydrogen (secondary N) is 2. The summed E-state index contributed by atoms with van der Waals surface area (Å²) in [4.78, 5) is 37.1. The summed E-state index contributed by atoms with van der Waals surface area (Å²) in [6.07, 6.45) is -0.330. The van der Waals surface area contributed by atoms with Crippen molar-refractivity contribution in [3.05, 3.63) is 35.9 Å². The number of carbonyl (C=O) groups excluding carboxylic acids is 3. The zero-order valence-electron chi connectivity index (χ0n) is 17.3. The average Bonchev–Trinajstić information content (AvgIpc) is 2.97. The predicted molar refractivity (Wildman–Crippen MR) is 112 cm³/mol. The first-order chi connectivity index (χ1) is 14.5. The van der Waals surface area contributed by atoms with Gasteiger partial charge in [-0.25, -0.2) is 13.1 Å². The van der Waals surface area contributed by atoms with E-state index in [0.29, 0.717) is 22.0 Å². The molecule has 3 N–H and O–H groups in total. The quantitative estimate of drug-likeness (QED) is 0.487. The Hall–Kier alpha value is -3.02. The van der Waals surface area contributed by atoms with Crippen LogP contribution in [0.25, 0.3) is 10.8 Å². The van der Waals surface area contributed by atoms with E-state index in [1.807, 2.05) is 0 Å². The molecule has 1 heterocycles. The second-order valence-electron chi connectivity index (χ2n) is 7.53. The minimum absolute atomic E-state index is 0.0540. The molecule has 10 nitrogen and oxygen atoms in total. The molecule has 0 aromatic heterocycles. The molecule has 2 amide bonds. The van der Waals surface area contributed by atoms with Crippen molar-refractivity contribution in [2.75, 3.05) is 32.1 Å². The number of nitrogens with zero attached hydrogens (tertiary/aromatic N) is 1. The minimum atomic E-state index is -4.08. The van der Waals surface area contributed by atoms with Gasteiger partial charge >= 0.3 is 5.97 Å². The van der Waals surface area contributed by atoms with Crippen molar-refractivity contribution in [2.45, 2.75) is 23.8 Å². The van der Waals surface area contributed by atoms with Crippen LogP contribution in [0.3, 0.4) is 0 Å². The molecule has 0 saturated heterocycles. The molecule has 31 heavy (non-hydrogen) atoms. The van der Waals surface area contributed by atoms with E-state index in [2.05, 4.69) is 14.8 Å². The minimum Gasteiger partial charge on any atom is -0.469 e. The smallest absolute Gasteiger partial charge is 0.308 e. The van der Waals surface area contributed by atoms with Crippen LogP contribution in [0.15, 0.2) is 35.2 Å². The van der Waals surface area contributed by atoms with Gasteiger partial charge in [0.25, 0.3) is 5.91 Å². The van der Waals surface area contributed by atoms with E-state index in [1.54, 1.807) is 31.3 Å². The highest BCUT2D eigenvalue weighted by Gasteiger charge is 2.30. The van der Waals surface area contributed by atoms with Crippen molar-refractivity contribution in [1.82, 2.24) is 10.0 Å². The molecule has 2 aromatic carbocycles. The lowest BCUT2D eigenvalue weighted by atomic mass is 10.0. The highest BCUT2D eigenvalue weighted by Crippen LogP contribution is 2.39. The molecular formula is C20H23N3O7S.